The number of aromatic nitrogens is 1. The Kier molecular flexibility index (Phi) is 6.46. The van der Waals surface area contributed by atoms with Gasteiger partial charge in [-0.05, 0) is 37.1 Å². The Balaban J connectivity index is 1.91. The largest absolute Gasteiger partial charge is 0.316 e. The number of anilines is 1. The molecule has 9 nitrogen and oxygen atoms in total. The molecule has 1 fully saturated rings. The molecule has 0 bridgehead atoms. The van der Waals surface area contributed by atoms with Gasteiger partial charge in [-0.15, -0.1) is 0 Å². The lowest BCUT2D eigenvalue weighted by molar-refractivity contribution is -0.384. The zero-order chi connectivity index (χ0) is 21.0. The summed E-state index contributed by atoms with van der Waals surface area (Å²) in [6.45, 7) is 0.802. The average Bonchev–Trinajstić information content (AvgIpc) is 2.98. The summed E-state index contributed by atoms with van der Waals surface area (Å²) in [6, 6.07) is 5.19. The molecule has 2 aromatic rings. The standard InChI is InChI=1S/C18H19ClN4O5S/c19-14-6-5-13(18(24)21-15-7-8-20-12-16(15)23(25)26)11-17(14)29(27,28)22-9-3-1-2-4-10-22/h5-8,11-12H,1-4,9-10H2,(H,20,21,24). The molecule has 0 spiro atoms. The predicted molar refractivity (Wildman–Crippen MR) is 108 cm³/mol. The number of benzene rings is 1. The number of sulfonamides is 1. The first-order chi connectivity index (χ1) is 13.8. The van der Waals surface area contributed by atoms with Crippen molar-refractivity contribution >= 4 is 38.9 Å². The fourth-order valence-corrected chi connectivity index (χ4v) is 5.11. The van der Waals surface area contributed by atoms with Crippen LogP contribution in [0.15, 0.2) is 41.6 Å². The minimum atomic E-state index is -3.86. The second kappa shape index (κ2) is 8.85. The topological polar surface area (TPSA) is 123 Å². The van der Waals surface area contributed by atoms with E-state index in [2.05, 4.69) is 10.3 Å². The number of halogens is 1. The van der Waals surface area contributed by atoms with Gasteiger partial charge in [0, 0.05) is 24.8 Å². The predicted octanol–water partition coefficient (Wildman–Crippen LogP) is 3.46. The molecule has 1 aliphatic heterocycles. The molecule has 2 heterocycles. The van der Waals surface area contributed by atoms with Crippen LogP contribution in [-0.2, 0) is 10.0 Å². The highest BCUT2D eigenvalue weighted by Gasteiger charge is 2.28. The van der Waals surface area contributed by atoms with Gasteiger partial charge in [-0.25, -0.2) is 8.42 Å². The van der Waals surface area contributed by atoms with Crippen LogP contribution in [0.2, 0.25) is 5.02 Å². The fourth-order valence-electron chi connectivity index (χ4n) is 3.10. The summed E-state index contributed by atoms with van der Waals surface area (Å²) in [4.78, 5) is 26.5. The zero-order valence-electron chi connectivity index (χ0n) is 15.4. The SMILES string of the molecule is O=C(Nc1ccncc1[N+](=O)[O-])c1ccc(Cl)c(S(=O)(=O)N2CCCCCC2)c1. The van der Waals surface area contributed by atoms with Crippen molar-refractivity contribution in [3.05, 3.63) is 57.4 Å². The quantitative estimate of drug-likeness (QED) is 0.563. The number of amides is 1. The van der Waals surface area contributed by atoms with E-state index in [4.69, 9.17) is 11.6 Å². The van der Waals surface area contributed by atoms with Crippen LogP contribution in [0.5, 0.6) is 0 Å². The Morgan fingerprint density at radius 1 is 1.17 bits per heavy atom. The Labute approximate surface area is 172 Å². The molecule has 29 heavy (non-hydrogen) atoms. The van der Waals surface area contributed by atoms with Gasteiger partial charge in [0.1, 0.15) is 16.8 Å². The first kappa shape index (κ1) is 21.2. The summed E-state index contributed by atoms with van der Waals surface area (Å²) < 4.78 is 27.5. The maximum atomic E-state index is 13.0. The molecule has 1 aromatic carbocycles. The zero-order valence-corrected chi connectivity index (χ0v) is 16.9. The normalized spacial score (nSPS) is 15.5. The molecule has 1 N–H and O–H groups in total. The van der Waals surface area contributed by atoms with Crippen LogP contribution in [-0.4, -0.2) is 41.6 Å². The summed E-state index contributed by atoms with van der Waals surface area (Å²) >= 11 is 6.14. The van der Waals surface area contributed by atoms with Crippen LogP contribution in [0.3, 0.4) is 0 Å². The van der Waals surface area contributed by atoms with Crippen molar-refractivity contribution in [2.75, 3.05) is 18.4 Å². The summed E-state index contributed by atoms with van der Waals surface area (Å²) in [5, 5.41) is 13.5. The van der Waals surface area contributed by atoms with E-state index in [-0.39, 0.29) is 26.9 Å². The molecule has 0 unspecified atom stereocenters. The highest BCUT2D eigenvalue weighted by molar-refractivity contribution is 7.89. The minimum Gasteiger partial charge on any atom is -0.316 e. The fraction of sp³-hybridized carbons (Fsp3) is 0.333. The minimum absolute atomic E-state index is 0.0145. The third-order valence-corrected chi connectivity index (χ3v) is 7.00. The molecule has 1 amide bonds. The average molecular weight is 439 g/mol. The van der Waals surface area contributed by atoms with Crippen LogP contribution in [0.25, 0.3) is 0 Å². The first-order valence-electron chi connectivity index (χ1n) is 9.00. The van der Waals surface area contributed by atoms with Crippen LogP contribution < -0.4 is 5.32 Å². The van der Waals surface area contributed by atoms with E-state index in [1.165, 1.54) is 34.8 Å². The third kappa shape index (κ3) is 4.72. The molecule has 1 aromatic heterocycles. The van der Waals surface area contributed by atoms with Gasteiger partial charge >= 0.3 is 5.69 Å². The van der Waals surface area contributed by atoms with Crippen molar-refractivity contribution in [2.45, 2.75) is 30.6 Å². The lowest BCUT2D eigenvalue weighted by atomic mass is 10.2. The summed E-state index contributed by atoms with van der Waals surface area (Å²) in [5.74, 6) is -0.691. The van der Waals surface area contributed by atoms with E-state index < -0.39 is 20.9 Å². The number of hydrogen-bond acceptors (Lipinski definition) is 6. The molecule has 0 aliphatic carbocycles. The van der Waals surface area contributed by atoms with Crippen molar-refractivity contribution in [3.63, 3.8) is 0 Å². The number of carbonyl (C=O) groups is 1. The third-order valence-electron chi connectivity index (χ3n) is 4.62. The Bertz CT molecular complexity index is 1040. The van der Waals surface area contributed by atoms with Gasteiger partial charge in [0.05, 0.1) is 9.95 Å². The first-order valence-corrected chi connectivity index (χ1v) is 10.8. The Hall–Kier alpha value is -2.56. The van der Waals surface area contributed by atoms with Crippen molar-refractivity contribution in [1.82, 2.24) is 9.29 Å². The number of carbonyl (C=O) groups excluding carboxylic acids is 1. The molecular weight excluding hydrogens is 420 g/mol. The van der Waals surface area contributed by atoms with Crippen LogP contribution in [0.1, 0.15) is 36.0 Å². The second-order valence-electron chi connectivity index (χ2n) is 6.57. The smallest absolute Gasteiger partial charge is 0.310 e. The maximum absolute atomic E-state index is 13.0. The summed E-state index contributed by atoms with van der Waals surface area (Å²) in [7, 11) is -3.86. The molecule has 1 aliphatic rings. The highest BCUT2D eigenvalue weighted by atomic mass is 35.5. The van der Waals surface area contributed by atoms with Crippen molar-refractivity contribution in [1.29, 1.82) is 0 Å². The van der Waals surface area contributed by atoms with E-state index in [0.29, 0.717) is 13.1 Å². The lowest BCUT2D eigenvalue weighted by Gasteiger charge is -2.21. The van der Waals surface area contributed by atoms with Crippen LogP contribution >= 0.6 is 11.6 Å². The molecule has 0 saturated carbocycles. The molecule has 0 radical (unpaired) electrons. The van der Waals surface area contributed by atoms with Gasteiger partial charge < -0.3 is 5.32 Å². The number of pyridine rings is 1. The molecule has 154 valence electrons. The molecule has 11 heteroatoms. The van der Waals surface area contributed by atoms with E-state index >= 15 is 0 Å². The van der Waals surface area contributed by atoms with Gasteiger partial charge in [-0.1, -0.05) is 24.4 Å². The van der Waals surface area contributed by atoms with Crippen molar-refractivity contribution in [3.8, 4) is 0 Å². The molecule has 1 saturated heterocycles. The Morgan fingerprint density at radius 2 is 1.86 bits per heavy atom. The number of nitro groups is 1. The van der Waals surface area contributed by atoms with Gasteiger partial charge in [-0.2, -0.15) is 4.31 Å². The van der Waals surface area contributed by atoms with E-state index in [0.717, 1.165) is 31.9 Å². The van der Waals surface area contributed by atoms with Gasteiger partial charge in [0.15, 0.2) is 0 Å². The van der Waals surface area contributed by atoms with Crippen LogP contribution in [0, 0.1) is 10.1 Å². The van der Waals surface area contributed by atoms with Crippen LogP contribution in [0.4, 0.5) is 11.4 Å². The monoisotopic (exact) mass is 438 g/mol. The van der Waals surface area contributed by atoms with Gasteiger partial charge in [0.25, 0.3) is 5.91 Å². The molecule has 3 rings (SSSR count). The van der Waals surface area contributed by atoms with E-state index in [9.17, 15) is 23.3 Å². The second-order valence-corrected chi connectivity index (χ2v) is 8.88. The summed E-state index contributed by atoms with van der Waals surface area (Å²) in [5.41, 5.74) is -0.386. The number of rotatable bonds is 5. The lowest BCUT2D eigenvalue weighted by Crippen LogP contribution is -2.32. The number of nitrogens with zero attached hydrogens (tertiary/aromatic N) is 3. The highest BCUT2D eigenvalue weighted by Crippen LogP contribution is 2.29. The van der Waals surface area contributed by atoms with Gasteiger partial charge in [-0.3, -0.25) is 19.9 Å². The van der Waals surface area contributed by atoms with Gasteiger partial charge in [0.2, 0.25) is 10.0 Å². The summed E-state index contributed by atoms with van der Waals surface area (Å²) in [6.07, 6.45) is 5.79. The van der Waals surface area contributed by atoms with Crippen molar-refractivity contribution in [2.24, 2.45) is 0 Å². The maximum Gasteiger partial charge on any atom is 0.310 e. The Morgan fingerprint density at radius 3 is 2.52 bits per heavy atom. The number of hydrogen-bond donors (Lipinski definition) is 1. The van der Waals surface area contributed by atoms with Crippen molar-refractivity contribution < 1.29 is 18.1 Å². The van der Waals surface area contributed by atoms with E-state index in [1.54, 1.807) is 0 Å². The molecule has 0 atom stereocenters. The number of nitrogens with one attached hydrogen (secondary N) is 1. The molecular formula is C18H19ClN4O5S. The van der Waals surface area contributed by atoms with E-state index in [1.807, 2.05) is 0 Å².